The van der Waals surface area contributed by atoms with Gasteiger partial charge in [0, 0.05) is 4.47 Å². The molecule has 2 heterocycles. The van der Waals surface area contributed by atoms with Gasteiger partial charge in [0.1, 0.15) is 12.4 Å². The second-order valence-electron chi connectivity index (χ2n) is 4.89. The summed E-state index contributed by atoms with van der Waals surface area (Å²) >= 11 is 3.40. The second kappa shape index (κ2) is 5.17. The SMILES string of the molecule is Brc1ccc(OCC2COCC3(COC3)N2)cc1. The predicted molar refractivity (Wildman–Crippen MR) is 70.9 cm³/mol. The van der Waals surface area contributed by atoms with E-state index in [1.54, 1.807) is 0 Å². The monoisotopic (exact) mass is 313 g/mol. The molecule has 0 aromatic heterocycles. The highest BCUT2D eigenvalue weighted by Crippen LogP contribution is 2.22. The van der Waals surface area contributed by atoms with Gasteiger partial charge in [0.05, 0.1) is 38.0 Å². The van der Waals surface area contributed by atoms with Crippen LogP contribution in [0.4, 0.5) is 0 Å². The Morgan fingerprint density at radius 1 is 1.22 bits per heavy atom. The zero-order chi connectivity index (χ0) is 12.4. The molecule has 1 N–H and O–H groups in total. The van der Waals surface area contributed by atoms with Crippen LogP contribution in [-0.2, 0) is 9.47 Å². The number of rotatable bonds is 3. The molecule has 2 fully saturated rings. The van der Waals surface area contributed by atoms with Crippen molar-refractivity contribution in [3.05, 3.63) is 28.7 Å². The minimum absolute atomic E-state index is 0.0337. The number of hydrogen-bond acceptors (Lipinski definition) is 4. The Labute approximate surface area is 115 Å². The molecule has 0 aliphatic carbocycles. The molecule has 1 atom stereocenters. The number of ether oxygens (including phenoxy) is 3. The van der Waals surface area contributed by atoms with Crippen molar-refractivity contribution >= 4 is 15.9 Å². The summed E-state index contributed by atoms with van der Waals surface area (Å²) in [4.78, 5) is 0. The third kappa shape index (κ3) is 2.69. The molecule has 98 valence electrons. The van der Waals surface area contributed by atoms with Gasteiger partial charge in [-0.15, -0.1) is 0 Å². The molecule has 2 saturated heterocycles. The standard InChI is InChI=1S/C13H16BrNO3/c14-10-1-3-12(4-2-10)18-6-11-5-16-7-13(15-11)8-17-9-13/h1-4,11,15H,5-9H2. The van der Waals surface area contributed by atoms with Gasteiger partial charge in [-0.3, -0.25) is 5.32 Å². The van der Waals surface area contributed by atoms with Crippen molar-refractivity contribution in [2.24, 2.45) is 0 Å². The van der Waals surface area contributed by atoms with Crippen molar-refractivity contribution in [2.75, 3.05) is 33.0 Å². The number of morpholine rings is 1. The molecule has 1 aromatic carbocycles. The fourth-order valence-corrected chi connectivity index (χ4v) is 2.51. The Morgan fingerprint density at radius 3 is 2.61 bits per heavy atom. The lowest BCUT2D eigenvalue weighted by Gasteiger charge is -2.47. The topological polar surface area (TPSA) is 39.7 Å². The molecular weight excluding hydrogens is 298 g/mol. The van der Waals surface area contributed by atoms with E-state index in [0.717, 1.165) is 30.0 Å². The Balaban J connectivity index is 1.52. The first kappa shape index (κ1) is 12.4. The van der Waals surface area contributed by atoms with Gasteiger partial charge in [-0.1, -0.05) is 15.9 Å². The van der Waals surface area contributed by atoms with E-state index < -0.39 is 0 Å². The van der Waals surface area contributed by atoms with E-state index in [-0.39, 0.29) is 11.6 Å². The summed E-state index contributed by atoms with van der Waals surface area (Å²) in [5.41, 5.74) is 0.0337. The van der Waals surface area contributed by atoms with E-state index in [9.17, 15) is 0 Å². The summed E-state index contributed by atoms with van der Waals surface area (Å²) in [5.74, 6) is 0.879. The molecule has 4 nitrogen and oxygen atoms in total. The number of hydrogen-bond donors (Lipinski definition) is 1. The van der Waals surface area contributed by atoms with Crippen LogP contribution >= 0.6 is 15.9 Å². The van der Waals surface area contributed by atoms with Crippen LogP contribution in [-0.4, -0.2) is 44.6 Å². The molecular formula is C13H16BrNO3. The Kier molecular flexibility index (Phi) is 3.56. The Hall–Kier alpha value is -0.620. The highest BCUT2D eigenvalue weighted by atomic mass is 79.9. The molecule has 2 aliphatic heterocycles. The molecule has 0 radical (unpaired) electrons. The number of benzene rings is 1. The average Bonchev–Trinajstić information content (AvgIpc) is 2.37. The maximum Gasteiger partial charge on any atom is 0.119 e. The average molecular weight is 314 g/mol. The van der Waals surface area contributed by atoms with E-state index in [1.807, 2.05) is 24.3 Å². The third-order valence-electron chi connectivity index (χ3n) is 3.23. The molecule has 0 amide bonds. The molecule has 0 saturated carbocycles. The summed E-state index contributed by atoms with van der Waals surface area (Å²) in [5, 5.41) is 3.56. The molecule has 0 bridgehead atoms. The highest BCUT2D eigenvalue weighted by Gasteiger charge is 2.43. The van der Waals surface area contributed by atoms with Crippen molar-refractivity contribution in [2.45, 2.75) is 11.6 Å². The third-order valence-corrected chi connectivity index (χ3v) is 3.76. The maximum absolute atomic E-state index is 5.76. The highest BCUT2D eigenvalue weighted by molar-refractivity contribution is 9.10. The maximum atomic E-state index is 5.76. The summed E-state index contributed by atoms with van der Waals surface area (Å²) in [6, 6.07) is 8.08. The summed E-state index contributed by atoms with van der Waals surface area (Å²) < 4.78 is 17.7. The molecule has 2 aliphatic rings. The molecule has 1 spiro atoms. The fraction of sp³-hybridized carbons (Fsp3) is 0.538. The van der Waals surface area contributed by atoms with Gasteiger partial charge in [0.2, 0.25) is 0 Å². The lowest BCUT2D eigenvalue weighted by molar-refractivity contribution is -0.145. The number of nitrogens with one attached hydrogen (secondary N) is 1. The van der Waals surface area contributed by atoms with E-state index in [0.29, 0.717) is 13.2 Å². The zero-order valence-electron chi connectivity index (χ0n) is 10.0. The quantitative estimate of drug-likeness (QED) is 0.920. The summed E-state index contributed by atoms with van der Waals surface area (Å²) in [6.45, 7) is 3.52. The molecule has 18 heavy (non-hydrogen) atoms. The van der Waals surface area contributed by atoms with Crippen LogP contribution in [0.1, 0.15) is 0 Å². The van der Waals surface area contributed by atoms with Gasteiger partial charge in [-0.25, -0.2) is 0 Å². The lowest BCUT2D eigenvalue weighted by atomic mass is 9.96. The first-order valence-corrected chi connectivity index (χ1v) is 6.87. The van der Waals surface area contributed by atoms with Gasteiger partial charge in [0.15, 0.2) is 0 Å². The van der Waals surface area contributed by atoms with Gasteiger partial charge in [-0.2, -0.15) is 0 Å². The van der Waals surface area contributed by atoms with Gasteiger partial charge in [0.25, 0.3) is 0 Å². The van der Waals surface area contributed by atoms with Gasteiger partial charge >= 0.3 is 0 Å². The Morgan fingerprint density at radius 2 is 1.94 bits per heavy atom. The van der Waals surface area contributed by atoms with Gasteiger partial charge in [-0.05, 0) is 24.3 Å². The van der Waals surface area contributed by atoms with Crippen LogP contribution in [0.3, 0.4) is 0 Å². The van der Waals surface area contributed by atoms with Crippen LogP contribution in [0.25, 0.3) is 0 Å². The van der Waals surface area contributed by atoms with E-state index in [1.165, 1.54) is 0 Å². The zero-order valence-corrected chi connectivity index (χ0v) is 11.6. The van der Waals surface area contributed by atoms with E-state index >= 15 is 0 Å². The number of halogens is 1. The first-order chi connectivity index (χ1) is 8.76. The van der Waals surface area contributed by atoms with Crippen molar-refractivity contribution in [3.63, 3.8) is 0 Å². The van der Waals surface area contributed by atoms with Crippen LogP contribution in [0.15, 0.2) is 28.7 Å². The molecule has 1 unspecified atom stereocenters. The van der Waals surface area contributed by atoms with Crippen LogP contribution < -0.4 is 10.1 Å². The summed E-state index contributed by atoms with van der Waals surface area (Å²) in [7, 11) is 0. The van der Waals surface area contributed by atoms with Crippen molar-refractivity contribution in [1.29, 1.82) is 0 Å². The predicted octanol–water partition coefficient (Wildman–Crippen LogP) is 1.59. The lowest BCUT2D eigenvalue weighted by Crippen LogP contribution is -2.70. The second-order valence-corrected chi connectivity index (χ2v) is 5.81. The van der Waals surface area contributed by atoms with Crippen molar-refractivity contribution < 1.29 is 14.2 Å². The van der Waals surface area contributed by atoms with E-state index in [4.69, 9.17) is 14.2 Å². The normalized spacial score (nSPS) is 25.7. The smallest absolute Gasteiger partial charge is 0.119 e. The minimum Gasteiger partial charge on any atom is -0.492 e. The fourth-order valence-electron chi connectivity index (χ4n) is 2.25. The van der Waals surface area contributed by atoms with Crippen molar-refractivity contribution in [1.82, 2.24) is 5.32 Å². The van der Waals surface area contributed by atoms with E-state index in [2.05, 4.69) is 21.2 Å². The molecule has 5 heteroatoms. The minimum atomic E-state index is 0.0337. The van der Waals surface area contributed by atoms with Gasteiger partial charge < -0.3 is 14.2 Å². The van der Waals surface area contributed by atoms with Crippen LogP contribution in [0, 0.1) is 0 Å². The molecule has 3 rings (SSSR count). The van der Waals surface area contributed by atoms with Crippen LogP contribution in [0.2, 0.25) is 0 Å². The van der Waals surface area contributed by atoms with Crippen LogP contribution in [0.5, 0.6) is 5.75 Å². The Bertz CT molecular complexity index is 405. The van der Waals surface area contributed by atoms with Crippen molar-refractivity contribution in [3.8, 4) is 5.75 Å². The largest absolute Gasteiger partial charge is 0.492 e. The first-order valence-electron chi connectivity index (χ1n) is 6.07. The summed E-state index contributed by atoms with van der Waals surface area (Å²) in [6.07, 6.45) is 0. The molecule has 1 aromatic rings.